The van der Waals surface area contributed by atoms with Gasteiger partial charge in [0.25, 0.3) is 0 Å². The fourth-order valence-electron chi connectivity index (χ4n) is 2.46. The molecule has 1 aliphatic rings. The number of nitrogens with zero attached hydrogens (tertiary/aromatic N) is 1. The van der Waals surface area contributed by atoms with Gasteiger partial charge in [0.05, 0.1) is 6.54 Å². The quantitative estimate of drug-likeness (QED) is 0.900. The molecule has 0 saturated carbocycles. The molecule has 1 aromatic carbocycles. The summed E-state index contributed by atoms with van der Waals surface area (Å²) in [4.78, 5) is 13.4. The fraction of sp³-hybridized carbons (Fsp3) is 0.533. The van der Waals surface area contributed by atoms with Crippen molar-refractivity contribution < 1.29 is 18.0 Å². The predicted molar refractivity (Wildman–Crippen MR) is 81.9 cm³/mol. The number of carbonyl (C=O) groups excluding carboxylic acids is 1. The number of amides is 1. The van der Waals surface area contributed by atoms with Gasteiger partial charge in [-0.3, -0.25) is 9.69 Å². The van der Waals surface area contributed by atoms with Gasteiger partial charge in [-0.1, -0.05) is 24.3 Å². The van der Waals surface area contributed by atoms with Crippen molar-refractivity contribution in [1.82, 2.24) is 10.2 Å². The summed E-state index contributed by atoms with van der Waals surface area (Å²) in [6.07, 6.45) is -3.27. The van der Waals surface area contributed by atoms with Gasteiger partial charge in [0.1, 0.15) is 5.25 Å². The molecule has 1 aliphatic heterocycles. The van der Waals surface area contributed by atoms with Gasteiger partial charge in [0.15, 0.2) is 0 Å². The summed E-state index contributed by atoms with van der Waals surface area (Å²) in [5.74, 6) is 0.751. The minimum Gasteiger partial charge on any atom is -0.354 e. The first-order valence-electron chi connectivity index (χ1n) is 7.09. The van der Waals surface area contributed by atoms with E-state index in [4.69, 9.17) is 0 Å². The van der Waals surface area contributed by atoms with Crippen molar-refractivity contribution in [3.05, 3.63) is 35.4 Å². The topological polar surface area (TPSA) is 32.3 Å². The van der Waals surface area contributed by atoms with Gasteiger partial charge in [0.2, 0.25) is 5.91 Å². The average molecular weight is 332 g/mol. The second-order valence-electron chi connectivity index (χ2n) is 5.34. The molecule has 3 nitrogen and oxygen atoms in total. The molecule has 122 valence electrons. The van der Waals surface area contributed by atoms with Crippen LogP contribution in [0.1, 0.15) is 16.4 Å². The van der Waals surface area contributed by atoms with Crippen LogP contribution in [0.5, 0.6) is 0 Å². The zero-order valence-electron chi connectivity index (χ0n) is 12.3. The van der Waals surface area contributed by atoms with E-state index in [2.05, 4.69) is 5.32 Å². The fourth-order valence-corrected chi connectivity index (χ4v) is 3.68. The second-order valence-corrected chi connectivity index (χ2v) is 6.56. The lowest BCUT2D eigenvalue weighted by Crippen LogP contribution is -2.39. The zero-order valence-corrected chi connectivity index (χ0v) is 13.1. The summed E-state index contributed by atoms with van der Waals surface area (Å²) in [6, 6.07) is 7.83. The van der Waals surface area contributed by atoms with Crippen LogP contribution in [-0.2, 0) is 11.2 Å². The number of hydrogen-bond donors (Lipinski definition) is 1. The Kier molecular flexibility index (Phi) is 5.74. The number of halogens is 3. The standard InChI is InChI=1S/C15H19F3N2OS/c1-20(10-15(16,17)18)8-7-19-14(21)13-12-5-3-2-4-11(12)6-9-22-13/h2-5,13H,6-10H2,1H3,(H,19,21)/t13-/m1/s1. The highest BCUT2D eigenvalue weighted by Gasteiger charge is 2.29. The normalized spacial score (nSPS) is 18.1. The van der Waals surface area contributed by atoms with E-state index in [1.807, 2.05) is 24.3 Å². The molecule has 0 aliphatic carbocycles. The third-order valence-corrected chi connectivity index (χ3v) is 4.71. The molecule has 1 heterocycles. The number of rotatable bonds is 5. The Labute approximate surface area is 132 Å². The van der Waals surface area contributed by atoms with Gasteiger partial charge >= 0.3 is 6.18 Å². The average Bonchev–Trinajstić information content (AvgIpc) is 2.44. The summed E-state index contributed by atoms with van der Waals surface area (Å²) in [5.41, 5.74) is 2.19. The van der Waals surface area contributed by atoms with Gasteiger partial charge < -0.3 is 5.32 Å². The van der Waals surface area contributed by atoms with E-state index in [0.717, 1.165) is 22.6 Å². The van der Waals surface area contributed by atoms with E-state index in [9.17, 15) is 18.0 Å². The molecular formula is C15H19F3N2OS. The zero-order chi connectivity index (χ0) is 16.2. The van der Waals surface area contributed by atoms with Gasteiger partial charge in [-0.2, -0.15) is 13.2 Å². The van der Waals surface area contributed by atoms with Crippen molar-refractivity contribution in [1.29, 1.82) is 0 Å². The Morgan fingerprint density at radius 1 is 1.41 bits per heavy atom. The predicted octanol–water partition coefficient (Wildman–Crippen LogP) is 2.63. The summed E-state index contributed by atoms with van der Waals surface area (Å²) < 4.78 is 36.6. The molecule has 0 bridgehead atoms. The molecule has 0 aromatic heterocycles. The molecule has 7 heteroatoms. The van der Waals surface area contributed by atoms with Crippen molar-refractivity contribution in [2.24, 2.45) is 0 Å². The van der Waals surface area contributed by atoms with Crippen LogP contribution in [0, 0.1) is 0 Å². The van der Waals surface area contributed by atoms with Crippen molar-refractivity contribution >= 4 is 17.7 Å². The Morgan fingerprint density at radius 3 is 2.86 bits per heavy atom. The van der Waals surface area contributed by atoms with Gasteiger partial charge in [0, 0.05) is 13.1 Å². The Balaban J connectivity index is 1.84. The molecular weight excluding hydrogens is 313 g/mol. The molecule has 0 radical (unpaired) electrons. The number of benzene rings is 1. The maximum absolute atomic E-state index is 12.3. The Bertz CT molecular complexity index is 522. The van der Waals surface area contributed by atoms with E-state index < -0.39 is 12.7 Å². The first kappa shape index (κ1) is 17.1. The first-order chi connectivity index (χ1) is 10.4. The lowest BCUT2D eigenvalue weighted by atomic mass is 10.0. The maximum Gasteiger partial charge on any atom is 0.401 e. The SMILES string of the molecule is CN(CCNC(=O)[C@@H]1SCCc2ccccc21)CC(F)(F)F. The number of carbonyl (C=O) groups is 1. The van der Waals surface area contributed by atoms with Gasteiger partial charge in [-0.15, -0.1) is 11.8 Å². The van der Waals surface area contributed by atoms with Crippen LogP contribution in [-0.4, -0.2) is 49.4 Å². The number of likely N-dealkylation sites (N-methyl/N-ethyl adjacent to an activating group) is 1. The molecule has 0 unspecified atom stereocenters. The van der Waals surface area contributed by atoms with Crippen molar-refractivity contribution in [2.45, 2.75) is 17.8 Å². The van der Waals surface area contributed by atoms with E-state index in [1.54, 1.807) is 11.8 Å². The molecule has 1 atom stereocenters. The molecule has 0 spiro atoms. The van der Waals surface area contributed by atoms with E-state index in [0.29, 0.717) is 0 Å². The summed E-state index contributed by atoms with van der Waals surface area (Å²) >= 11 is 1.58. The third kappa shape index (κ3) is 4.91. The minimum atomic E-state index is -4.21. The van der Waals surface area contributed by atoms with E-state index >= 15 is 0 Å². The second kappa shape index (κ2) is 7.37. The van der Waals surface area contributed by atoms with E-state index in [1.165, 1.54) is 12.6 Å². The van der Waals surface area contributed by atoms with E-state index in [-0.39, 0.29) is 24.2 Å². The van der Waals surface area contributed by atoms with Crippen LogP contribution in [0.4, 0.5) is 13.2 Å². The molecule has 0 saturated heterocycles. The van der Waals surface area contributed by atoms with Crippen LogP contribution >= 0.6 is 11.8 Å². The molecule has 22 heavy (non-hydrogen) atoms. The lowest BCUT2D eigenvalue weighted by molar-refractivity contribution is -0.142. The van der Waals surface area contributed by atoms with Crippen LogP contribution < -0.4 is 5.32 Å². The number of fused-ring (bicyclic) bond motifs is 1. The number of hydrogen-bond acceptors (Lipinski definition) is 3. The Hall–Kier alpha value is -1.21. The monoisotopic (exact) mass is 332 g/mol. The van der Waals surface area contributed by atoms with Crippen molar-refractivity contribution in [2.75, 3.05) is 32.4 Å². The smallest absolute Gasteiger partial charge is 0.354 e. The largest absolute Gasteiger partial charge is 0.401 e. The van der Waals surface area contributed by atoms with Crippen LogP contribution in [0.3, 0.4) is 0 Å². The van der Waals surface area contributed by atoms with Crippen molar-refractivity contribution in [3.8, 4) is 0 Å². The first-order valence-corrected chi connectivity index (χ1v) is 8.14. The summed E-state index contributed by atoms with van der Waals surface area (Å²) in [5, 5.41) is 2.48. The highest BCUT2D eigenvalue weighted by molar-refractivity contribution is 8.00. The maximum atomic E-state index is 12.3. The minimum absolute atomic E-state index is 0.127. The van der Waals surface area contributed by atoms with Crippen molar-refractivity contribution in [3.63, 3.8) is 0 Å². The molecule has 0 fully saturated rings. The highest BCUT2D eigenvalue weighted by Crippen LogP contribution is 2.36. The van der Waals surface area contributed by atoms with Gasteiger partial charge in [-0.05, 0) is 30.3 Å². The molecule has 1 amide bonds. The molecule has 1 N–H and O–H groups in total. The number of alkyl halides is 3. The third-order valence-electron chi connectivity index (χ3n) is 3.47. The number of nitrogens with one attached hydrogen (secondary N) is 1. The number of aryl methyl sites for hydroxylation is 1. The summed E-state index contributed by atoms with van der Waals surface area (Å²) in [7, 11) is 1.39. The summed E-state index contributed by atoms with van der Waals surface area (Å²) in [6.45, 7) is -0.585. The lowest BCUT2D eigenvalue weighted by Gasteiger charge is -2.25. The highest BCUT2D eigenvalue weighted by atomic mass is 32.2. The van der Waals surface area contributed by atoms with Crippen LogP contribution in [0.2, 0.25) is 0 Å². The van der Waals surface area contributed by atoms with Crippen LogP contribution in [0.15, 0.2) is 24.3 Å². The molecule has 1 aromatic rings. The van der Waals surface area contributed by atoms with Crippen LogP contribution in [0.25, 0.3) is 0 Å². The molecule has 2 rings (SSSR count). The number of thioether (sulfide) groups is 1. The Morgan fingerprint density at radius 2 is 2.14 bits per heavy atom. The van der Waals surface area contributed by atoms with Gasteiger partial charge in [-0.25, -0.2) is 0 Å².